The van der Waals surface area contributed by atoms with Gasteiger partial charge in [-0.15, -0.1) is 0 Å². The Morgan fingerprint density at radius 1 is 0.967 bits per heavy atom. The Labute approximate surface area is 176 Å². The smallest absolute Gasteiger partial charge is 0.259 e. The third kappa shape index (κ3) is 2.84. The highest BCUT2D eigenvalue weighted by atomic mass is 35.5. The maximum Gasteiger partial charge on any atom is 0.259 e. The average molecular weight is 420 g/mol. The lowest BCUT2D eigenvalue weighted by molar-refractivity contribution is -0.122. The molecule has 2 aromatic carbocycles. The van der Waals surface area contributed by atoms with Crippen LogP contribution < -0.4 is 5.32 Å². The Morgan fingerprint density at radius 3 is 2.53 bits per heavy atom. The number of hydrogen-bond donors (Lipinski definition) is 3. The molecule has 0 spiro atoms. The van der Waals surface area contributed by atoms with Gasteiger partial charge in [-0.25, -0.2) is 0 Å². The predicted molar refractivity (Wildman–Crippen MR) is 117 cm³/mol. The number of nitrogens with one attached hydrogen (secondary N) is 2. The fourth-order valence-corrected chi connectivity index (χ4v) is 4.30. The summed E-state index contributed by atoms with van der Waals surface area (Å²) in [6.45, 7) is 0.621. The van der Waals surface area contributed by atoms with Gasteiger partial charge in [0, 0.05) is 58.0 Å². The van der Waals surface area contributed by atoms with Crippen LogP contribution in [-0.4, -0.2) is 33.1 Å². The largest absolute Gasteiger partial charge is 0.396 e. The van der Waals surface area contributed by atoms with Crippen molar-refractivity contribution in [3.8, 4) is 0 Å². The van der Waals surface area contributed by atoms with Crippen molar-refractivity contribution in [2.24, 2.45) is 0 Å². The second kappa shape index (κ2) is 7.16. The van der Waals surface area contributed by atoms with Gasteiger partial charge in [-0.05, 0) is 24.6 Å². The van der Waals surface area contributed by atoms with Crippen LogP contribution in [0, 0.1) is 0 Å². The van der Waals surface area contributed by atoms with Crippen LogP contribution in [0.15, 0.2) is 54.9 Å². The highest BCUT2D eigenvalue weighted by molar-refractivity contribution is 6.50. The van der Waals surface area contributed by atoms with Crippen LogP contribution in [0.2, 0.25) is 5.02 Å². The van der Waals surface area contributed by atoms with Crippen LogP contribution in [0.4, 0.5) is 0 Å². The molecule has 0 saturated heterocycles. The zero-order chi connectivity index (χ0) is 20.8. The first-order valence-electron chi connectivity index (χ1n) is 9.64. The minimum Gasteiger partial charge on any atom is -0.396 e. The quantitative estimate of drug-likeness (QED) is 0.431. The topological polar surface area (TPSA) is 87.1 Å². The molecule has 5 rings (SSSR count). The second-order valence-electron chi connectivity index (χ2n) is 7.26. The summed E-state index contributed by atoms with van der Waals surface area (Å²) in [5.74, 6) is -0.832. The Hall–Kier alpha value is -3.35. The summed E-state index contributed by atoms with van der Waals surface area (Å²) < 4.78 is 1.96. The maximum atomic E-state index is 12.9. The lowest BCUT2D eigenvalue weighted by atomic mass is 9.95. The van der Waals surface area contributed by atoms with Crippen molar-refractivity contribution in [3.63, 3.8) is 0 Å². The minimum atomic E-state index is -0.420. The van der Waals surface area contributed by atoms with Crippen molar-refractivity contribution >= 4 is 56.4 Å². The second-order valence-corrected chi connectivity index (χ2v) is 7.69. The fraction of sp³-hybridized carbons (Fsp3) is 0.130. The molecule has 2 aromatic heterocycles. The van der Waals surface area contributed by atoms with Crippen molar-refractivity contribution in [3.05, 3.63) is 71.0 Å². The Morgan fingerprint density at radius 2 is 1.73 bits per heavy atom. The number of aromatic nitrogens is 2. The first kappa shape index (κ1) is 18.7. The van der Waals surface area contributed by atoms with E-state index in [-0.39, 0.29) is 6.61 Å². The average Bonchev–Trinajstić information content (AvgIpc) is 3.39. The molecule has 3 N–H and O–H groups in total. The van der Waals surface area contributed by atoms with Gasteiger partial charge in [0.15, 0.2) is 0 Å². The van der Waals surface area contributed by atoms with E-state index in [1.807, 2.05) is 47.2 Å². The molecule has 0 bridgehead atoms. The van der Waals surface area contributed by atoms with E-state index in [9.17, 15) is 14.7 Å². The molecule has 0 unspecified atom stereocenters. The summed E-state index contributed by atoms with van der Waals surface area (Å²) in [6.07, 6.45) is 4.19. The summed E-state index contributed by atoms with van der Waals surface area (Å²) in [5, 5.41) is 14.0. The van der Waals surface area contributed by atoms with E-state index in [1.54, 1.807) is 12.3 Å². The molecular weight excluding hydrogens is 402 g/mol. The van der Waals surface area contributed by atoms with Crippen molar-refractivity contribution in [1.82, 2.24) is 14.9 Å². The molecule has 0 radical (unpaired) electrons. The number of nitrogens with zero attached hydrogens (tertiary/aromatic N) is 1. The number of para-hydroxylation sites is 1. The zero-order valence-corrected chi connectivity index (χ0v) is 16.7. The van der Waals surface area contributed by atoms with Crippen LogP contribution in [0.5, 0.6) is 0 Å². The van der Waals surface area contributed by atoms with E-state index >= 15 is 0 Å². The van der Waals surface area contributed by atoms with Gasteiger partial charge in [-0.1, -0.05) is 35.9 Å². The molecule has 0 saturated carbocycles. The molecule has 2 amide bonds. The number of halogens is 1. The van der Waals surface area contributed by atoms with Gasteiger partial charge in [0.25, 0.3) is 11.8 Å². The van der Waals surface area contributed by atoms with Crippen LogP contribution >= 0.6 is 11.6 Å². The summed E-state index contributed by atoms with van der Waals surface area (Å²) in [5.41, 5.74) is 3.80. The molecule has 30 heavy (non-hydrogen) atoms. The van der Waals surface area contributed by atoms with E-state index < -0.39 is 11.8 Å². The van der Waals surface area contributed by atoms with Crippen LogP contribution in [0.1, 0.15) is 17.5 Å². The highest BCUT2D eigenvalue weighted by Gasteiger charge is 2.35. The van der Waals surface area contributed by atoms with Crippen molar-refractivity contribution in [1.29, 1.82) is 0 Å². The van der Waals surface area contributed by atoms with Gasteiger partial charge in [-0.2, -0.15) is 0 Å². The van der Waals surface area contributed by atoms with Gasteiger partial charge in [-0.3, -0.25) is 14.9 Å². The van der Waals surface area contributed by atoms with E-state index in [4.69, 9.17) is 11.6 Å². The number of aromatic amines is 1. The first-order chi connectivity index (χ1) is 14.6. The van der Waals surface area contributed by atoms with E-state index in [0.29, 0.717) is 40.3 Å². The third-order valence-electron chi connectivity index (χ3n) is 5.46. The fourth-order valence-electron chi connectivity index (χ4n) is 4.14. The Kier molecular flexibility index (Phi) is 4.46. The van der Waals surface area contributed by atoms with E-state index in [0.717, 1.165) is 21.8 Å². The summed E-state index contributed by atoms with van der Waals surface area (Å²) >= 11 is 6.21. The number of H-pyrrole nitrogens is 1. The molecule has 0 fully saturated rings. The Balaban J connectivity index is 1.80. The van der Waals surface area contributed by atoms with Gasteiger partial charge in [0.1, 0.15) is 0 Å². The van der Waals surface area contributed by atoms with Gasteiger partial charge in [0.05, 0.1) is 16.7 Å². The molecule has 1 aliphatic rings. The summed E-state index contributed by atoms with van der Waals surface area (Å²) in [7, 11) is 0. The lowest BCUT2D eigenvalue weighted by Gasteiger charge is -2.03. The molecule has 0 atom stereocenters. The number of aryl methyl sites for hydroxylation is 1. The number of imide groups is 1. The molecule has 6 nitrogen and oxygen atoms in total. The Bertz CT molecular complexity index is 1360. The molecule has 1 aliphatic heterocycles. The number of aliphatic hydroxyl groups excluding tert-OH is 1. The summed E-state index contributed by atoms with van der Waals surface area (Å²) in [6, 6.07) is 13.1. The molecular formula is C23H18ClN3O3. The van der Waals surface area contributed by atoms with Crippen LogP contribution in [-0.2, 0) is 16.1 Å². The minimum absolute atomic E-state index is 0.0534. The SMILES string of the molecule is O=C1NC(=O)C(c2cn(CCCO)c3cc(Cl)ccc23)=C1c1c[nH]c2ccccc12. The van der Waals surface area contributed by atoms with E-state index in [1.165, 1.54) is 0 Å². The van der Waals surface area contributed by atoms with Crippen molar-refractivity contribution < 1.29 is 14.7 Å². The predicted octanol–water partition coefficient (Wildman–Crippen LogP) is 3.73. The third-order valence-corrected chi connectivity index (χ3v) is 5.70. The number of rotatable bonds is 5. The summed E-state index contributed by atoms with van der Waals surface area (Å²) in [4.78, 5) is 28.9. The maximum absolute atomic E-state index is 12.9. The van der Waals surface area contributed by atoms with E-state index in [2.05, 4.69) is 10.3 Å². The van der Waals surface area contributed by atoms with Gasteiger partial charge in [0.2, 0.25) is 0 Å². The number of aliphatic hydroxyl groups is 1. The molecule has 3 heterocycles. The monoisotopic (exact) mass is 419 g/mol. The molecule has 7 heteroatoms. The number of hydrogen-bond acceptors (Lipinski definition) is 3. The number of carbonyl (C=O) groups is 2. The first-order valence-corrected chi connectivity index (χ1v) is 10.0. The van der Waals surface area contributed by atoms with Gasteiger partial charge < -0.3 is 14.7 Å². The number of fused-ring (bicyclic) bond motifs is 2. The lowest BCUT2D eigenvalue weighted by Crippen LogP contribution is -2.22. The van der Waals surface area contributed by atoms with Crippen molar-refractivity contribution in [2.45, 2.75) is 13.0 Å². The molecule has 0 aliphatic carbocycles. The zero-order valence-electron chi connectivity index (χ0n) is 15.9. The number of carbonyl (C=O) groups excluding carboxylic acids is 2. The molecule has 150 valence electrons. The normalized spacial score (nSPS) is 14.3. The van der Waals surface area contributed by atoms with Crippen LogP contribution in [0.25, 0.3) is 33.0 Å². The van der Waals surface area contributed by atoms with Gasteiger partial charge >= 0.3 is 0 Å². The standard InChI is InChI=1S/C23H18ClN3O3/c24-13-6-7-15-17(12-27(8-3-9-28)19(15)10-13)21-20(22(29)26-23(21)30)16-11-25-18-5-2-1-4-14(16)18/h1-2,4-7,10-12,25,28H,3,8-9H2,(H,26,29,30). The van der Waals surface area contributed by atoms with Crippen molar-refractivity contribution in [2.75, 3.05) is 6.61 Å². The highest BCUT2D eigenvalue weighted by Crippen LogP contribution is 2.38. The number of benzene rings is 2. The van der Waals surface area contributed by atoms with Crippen LogP contribution in [0.3, 0.4) is 0 Å². The number of amides is 2. The molecule has 4 aromatic rings.